The van der Waals surface area contributed by atoms with Crippen LogP contribution in [-0.4, -0.2) is 17.6 Å². The number of hydrogen-bond donors (Lipinski definition) is 2. The summed E-state index contributed by atoms with van der Waals surface area (Å²) in [6, 6.07) is 7.05. The van der Waals surface area contributed by atoms with Crippen molar-refractivity contribution in [1.82, 2.24) is 5.32 Å². The normalized spacial score (nSPS) is 17.3. The van der Waals surface area contributed by atoms with Crippen LogP contribution in [0.5, 0.6) is 0 Å². The Kier molecular flexibility index (Phi) is 4.02. The van der Waals surface area contributed by atoms with Crippen molar-refractivity contribution in [2.75, 3.05) is 6.54 Å². The van der Waals surface area contributed by atoms with Gasteiger partial charge in [0.1, 0.15) is 0 Å². The van der Waals surface area contributed by atoms with E-state index in [1.165, 1.54) is 0 Å². The molecule has 2 rings (SSSR count). The molecular formula is C13H16ClNO2. The maximum Gasteiger partial charge on any atom is 0.223 e. The summed E-state index contributed by atoms with van der Waals surface area (Å²) in [7, 11) is 0. The first-order valence-corrected chi connectivity index (χ1v) is 6.26. The van der Waals surface area contributed by atoms with E-state index in [9.17, 15) is 9.90 Å². The predicted octanol–water partition coefficient (Wildman–Crippen LogP) is 2.29. The van der Waals surface area contributed by atoms with Gasteiger partial charge in [-0.15, -0.1) is 0 Å². The Hall–Kier alpha value is -1.06. The molecule has 1 fully saturated rings. The number of aliphatic hydroxyl groups excluding tert-OH is 1. The predicted molar refractivity (Wildman–Crippen MR) is 66.8 cm³/mol. The molecule has 0 heterocycles. The highest BCUT2D eigenvalue weighted by atomic mass is 35.5. The molecule has 1 aromatic carbocycles. The van der Waals surface area contributed by atoms with Gasteiger partial charge in [0.25, 0.3) is 0 Å². The first kappa shape index (κ1) is 12.4. The van der Waals surface area contributed by atoms with Gasteiger partial charge in [0, 0.05) is 17.5 Å². The van der Waals surface area contributed by atoms with Crippen LogP contribution < -0.4 is 5.32 Å². The van der Waals surface area contributed by atoms with Gasteiger partial charge < -0.3 is 10.4 Å². The molecule has 1 amide bonds. The SMILES string of the molecule is O=C(NC[C@@H](O)c1cccc(Cl)c1)C1CCC1. The molecule has 2 N–H and O–H groups in total. The molecule has 1 atom stereocenters. The molecule has 1 aromatic rings. The largest absolute Gasteiger partial charge is 0.387 e. The van der Waals surface area contributed by atoms with E-state index in [4.69, 9.17) is 11.6 Å². The molecule has 0 aromatic heterocycles. The van der Waals surface area contributed by atoms with Crippen LogP contribution in [0.25, 0.3) is 0 Å². The third-order valence-corrected chi connectivity index (χ3v) is 3.41. The summed E-state index contributed by atoms with van der Waals surface area (Å²) in [6.07, 6.45) is 2.38. The monoisotopic (exact) mass is 253 g/mol. The van der Waals surface area contributed by atoms with Crippen LogP contribution in [0.4, 0.5) is 0 Å². The van der Waals surface area contributed by atoms with E-state index in [0.717, 1.165) is 24.8 Å². The molecule has 92 valence electrons. The number of rotatable bonds is 4. The van der Waals surface area contributed by atoms with Gasteiger partial charge in [0.2, 0.25) is 5.91 Å². The van der Waals surface area contributed by atoms with E-state index in [1.54, 1.807) is 24.3 Å². The summed E-state index contributed by atoms with van der Waals surface area (Å²) in [4.78, 5) is 11.6. The fraction of sp³-hybridized carbons (Fsp3) is 0.462. The van der Waals surface area contributed by atoms with Crippen LogP contribution in [0.3, 0.4) is 0 Å². The number of benzene rings is 1. The topological polar surface area (TPSA) is 49.3 Å². The molecule has 1 saturated carbocycles. The van der Waals surface area contributed by atoms with Crippen LogP contribution in [-0.2, 0) is 4.79 Å². The molecule has 0 bridgehead atoms. The lowest BCUT2D eigenvalue weighted by atomic mass is 9.85. The van der Waals surface area contributed by atoms with Crippen molar-refractivity contribution in [3.8, 4) is 0 Å². The second-order valence-corrected chi connectivity index (χ2v) is 4.88. The van der Waals surface area contributed by atoms with Crippen molar-refractivity contribution < 1.29 is 9.90 Å². The molecule has 4 heteroatoms. The number of amides is 1. The van der Waals surface area contributed by atoms with Crippen molar-refractivity contribution in [2.45, 2.75) is 25.4 Å². The molecule has 0 aliphatic heterocycles. The highest BCUT2D eigenvalue weighted by Gasteiger charge is 2.25. The maximum absolute atomic E-state index is 11.6. The maximum atomic E-state index is 11.6. The van der Waals surface area contributed by atoms with Gasteiger partial charge in [-0.3, -0.25) is 4.79 Å². The lowest BCUT2D eigenvalue weighted by Gasteiger charge is -2.24. The third kappa shape index (κ3) is 3.20. The zero-order valence-electron chi connectivity index (χ0n) is 9.53. The number of carbonyl (C=O) groups is 1. The quantitative estimate of drug-likeness (QED) is 0.865. The Bertz CT molecular complexity index is 404. The minimum Gasteiger partial charge on any atom is -0.387 e. The average molecular weight is 254 g/mol. The van der Waals surface area contributed by atoms with Gasteiger partial charge in [0.05, 0.1) is 6.10 Å². The van der Waals surface area contributed by atoms with Gasteiger partial charge in [-0.25, -0.2) is 0 Å². The Morgan fingerprint density at radius 3 is 2.88 bits per heavy atom. The third-order valence-electron chi connectivity index (χ3n) is 3.18. The number of halogens is 1. The molecule has 1 aliphatic carbocycles. The Balaban J connectivity index is 1.84. The van der Waals surface area contributed by atoms with Crippen LogP contribution >= 0.6 is 11.6 Å². The van der Waals surface area contributed by atoms with Crippen LogP contribution in [0.2, 0.25) is 5.02 Å². The van der Waals surface area contributed by atoms with E-state index in [0.29, 0.717) is 5.02 Å². The molecule has 17 heavy (non-hydrogen) atoms. The van der Waals surface area contributed by atoms with Crippen molar-refractivity contribution in [1.29, 1.82) is 0 Å². The number of nitrogens with one attached hydrogen (secondary N) is 1. The molecule has 0 saturated heterocycles. The summed E-state index contributed by atoms with van der Waals surface area (Å²) in [5.41, 5.74) is 0.728. The zero-order chi connectivity index (χ0) is 12.3. The fourth-order valence-corrected chi connectivity index (χ4v) is 2.04. The standard InChI is InChI=1S/C13H16ClNO2/c14-11-6-2-5-10(7-11)12(16)8-15-13(17)9-3-1-4-9/h2,5-7,9,12,16H,1,3-4,8H2,(H,15,17)/t12-/m1/s1. The number of hydrogen-bond acceptors (Lipinski definition) is 2. The summed E-state index contributed by atoms with van der Waals surface area (Å²) in [6.45, 7) is 0.246. The summed E-state index contributed by atoms with van der Waals surface area (Å²) < 4.78 is 0. The minimum atomic E-state index is -0.697. The Labute approximate surface area is 106 Å². The van der Waals surface area contributed by atoms with Crippen molar-refractivity contribution in [2.24, 2.45) is 5.92 Å². The second-order valence-electron chi connectivity index (χ2n) is 4.44. The van der Waals surface area contributed by atoms with Crippen molar-refractivity contribution in [3.63, 3.8) is 0 Å². The van der Waals surface area contributed by atoms with Crippen molar-refractivity contribution in [3.05, 3.63) is 34.9 Å². The van der Waals surface area contributed by atoms with E-state index in [1.807, 2.05) is 0 Å². The molecular weight excluding hydrogens is 238 g/mol. The van der Waals surface area contributed by atoms with Gasteiger partial charge in [-0.05, 0) is 30.5 Å². The van der Waals surface area contributed by atoms with E-state index in [2.05, 4.69) is 5.32 Å². The van der Waals surface area contributed by atoms with E-state index < -0.39 is 6.10 Å². The molecule has 1 aliphatic rings. The first-order chi connectivity index (χ1) is 8.16. The molecule has 0 radical (unpaired) electrons. The Morgan fingerprint density at radius 2 is 2.29 bits per heavy atom. The minimum absolute atomic E-state index is 0.0531. The first-order valence-electron chi connectivity index (χ1n) is 5.88. The molecule has 3 nitrogen and oxygen atoms in total. The average Bonchev–Trinajstić information content (AvgIpc) is 2.23. The molecule has 0 spiro atoms. The zero-order valence-corrected chi connectivity index (χ0v) is 10.3. The van der Waals surface area contributed by atoms with Gasteiger partial charge in [0.15, 0.2) is 0 Å². The Morgan fingerprint density at radius 1 is 1.53 bits per heavy atom. The fourth-order valence-electron chi connectivity index (χ4n) is 1.84. The summed E-state index contributed by atoms with van der Waals surface area (Å²) in [5, 5.41) is 13.3. The summed E-state index contributed by atoms with van der Waals surface area (Å²) >= 11 is 5.84. The van der Waals surface area contributed by atoms with Crippen LogP contribution in [0, 0.1) is 5.92 Å². The van der Waals surface area contributed by atoms with Gasteiger partial charge in [-0.2, -0.15) is 0 Å². The van der Waals surface area contributed by atoms with Gasteiger partial charge >= 0.3 is 0 Å². The van der Waals surface area contributed by atoms with Crippen LogP contribution in [0.15, 0.2) is 24.3 Å². The second kappa shape index (κ2) is 5.52. The lowest BCUT2D eigenvalue weighted by molar-refractivity contribution is -0.127. The highest BCUT2D eigenvalue weighted by Crippen LogP contribution is 2.26. The number of aliphatic hydroxyl groups is 1. The van der Waals surface area contributed by atoms with E-state index >= 15 is 0 Å². The number of carbonyl (C=O) groups excluding carboxylic acids is 1. The highest BCUT2D eigenvalue weighted by molar-refractivity contribution is 6.30. The smallest absolute Gasteiger partial charge is 0.223 e. The summed E-state index contributed by atoms with van der Waals surface area (Å²) in [5.74, 6) is 0.207. The molecule has 0 unspecified atom stereocenters. The van der Waals surface area contributed by atoms with E-state index in [-0.39, 0.29) is 18.4 Å². The van der Waals surface area contributed by atoms with Gasteiger partial charge in [-0.1, -0.05) is 30.2 Å². The van der Waals surface area contributed by atoms with Crippen LogP contribution in [0.1, 0.15) is 30.9 Å². The lowest BCUT2D eigenvalue weighted by Crippen LogP contribution is -2.36. The van der Waals surface area contributed by atoms with Crippen molar-refractivity contribution >= 4 is 17.5 Å².